The second-order valence-electron chi connectivity index (χ2n) is 3.19. The summed E-state index contributed by atoms with van der Waals surface area (Å²) in [4.78, 5) is 12.2. The maximum Gasteiger partial charge on any atom is 0.296 e. The maximum absolute atomic E-state index is 10.9. The van der Waals surface area contributed by atoms with Crippen molar-refractivity contribution in [1.29, 1.82) is 0 Å². The summed E-state index contributed by atoms with van der Waals surface area (Å²) in [7, 11) is 3.57. The van der Waals surface area contributed by atoms with Crippen LogP contribution in [0.3, 0.4) is 0 Å². The van der Waals surface area contributed by atoms with Gasteiger partial charge in [-0.25, -0.2) is 0 Å². The van der Waals surface area contributed by atoms with Gasteiger partial charge >= 0.3 is 0 Å². The average molecular weight is 259 g/mol. The van der Waals surface area contributed by atoms with E-state index in [4.69, 9.17) is 0 Å². The number of nitrogens with zero attached hydrogens (tertiary/aromatic N) is 2. The summed E-state index contributed by atoms with van der Waals surface area (Å²) >= 11 is 3.27. The van der Waals surface area contributed by atoms with Crippen LogP contribution in [-0.2, 0) is 0 Å². The molecule has 0 N–H and O–H groups in total. The molecule has 0 atom stereocenters. The van der Waals surface area contributed by atoms with Gasteiger partial charge in [-0.05, 0) is 19.1 Å². The van der Waals surface area contributed by atoms with Crippen LogP contribution in [0.15, 0.2) is 16.6 Å². The lowest BCUT2D eigenvalue weighted by molar-refractivity contribution is -0.384. The number of benzene rings is 1. The van der Waals surface area contributed by atoms with E-state index in [9.17, 15) is 10.1 Å². The maximum atomic E-state index is 10.9. The Balaban J connectivity index is 3.45. The lowest BCUT2D eigenvalue weighted by Gasteiger charge is -2.14. The molecule has 1 rings (SSSR count). The van der Waals surface area contributed by atoms with Crippen molar-refractivity contribution in [2.24, 2.45) is 0 Å². The van der Waals surface area contributed by atoms with Crippen molar-refractivity contribution in [1.82, 2.24) is 0 Å². The van der Waals surface area contributed by atoms with Crippen LogP contribution < -0.4 is 4.90 Å². The van der Waals surface area contributed by atoms with Crippen molar-refractivity contribution in [3.8, 4) is 0 Å². The van der Waals surface area contributed by atoms with E-state index in [0.717, 1.165) is 4.47 Å². The highest BCUT2D eigenvalue weighted by Gasteiger charge is 2.20. The van der Waals surface area contributed by atoms with Crippen LogP contribution >= 0.6 is 15.9 Å². The summed E-state index contributed by atoms with van der Waals surface area (Å²) in [6.45, 7) is 1.73. The van der Waals surface area contributed by atoms with E-state index in [0.29, 0.717) is 11.3 Å². The molecule has 0 aliphatic carbocycles. The van der Waals surface area contributed by atoms with Gasteiger partial charge in [-0.1, -0.05) is 15.9 Å². The van der Waals surface area contributed by atoms with Crippen molar-refractivity contribution in [2.45, 2.75) is 6.92 Å². The predicted molar refractivity (Wildman–Crippen MR) is 59.9 cm³/mol. The summed E-state index contributed by atoms with van der Waals surface area (Å²) < 4.78 is 0.759. The highest BCUT2D eigenvalue weighted by Crippen LogP contribution is 2.34. The highest BCUT2D eigenvalue weighted by atomic mass is 79.9. The highest BCUT2D eigenvalue weighted by molar-refractivity contribution is 9.10. The summed E-state index contributed by atoms with van der Waals surface area (Å²) in [5.41, 5.74) is 1.43. The van der Waals surface area contributed by atoms with Gasteiger partial charge in [-0.15, -0.1) is 0 Å². The van der Waals surface area contributed by atoms with Gasteiger partial charge in [0.05, 0.1) is 4.92 Å². The fraction of sp³-hybridized carbons (Fsp3) is 0.333. The van der Waals surface area contributed by atoms with E-state index in [-0.39, 0.29) is 10.6 Å². The van der Waals surface area contributed by atoms with Crippen molar-refractivity contribution >= 4 is 27.3 Å². The molecule has 4 nitrogen and oxygen atoms in total. The normalized spacial score (nSPS) is 10.0. The van der Waals surface area contributed by atoms with Gasteiger partial charge in [0.1, 0.15) is 5.69 Å². The van der Waals surface area contributed by atoms with Crippen LogP contribution in [0.25, 0.3) is 0 Å². The molecule has 0 saturated heterocycles. The third-order valence-electron chi connectivity index (χ3n) is 2.01. The molecule has 0 unspecified atom stereocenters. The Morgan fingerprint density at radius 2 is 2.00 bits per heavy atom. The van der Waals surface area contributed by atoms with Gasteiger partial charge in [0.25, 0.3) is 5.69 Å². The smallest absolute Gasteiger partial charge is 0.296 e. The first-order valence-electron chi connectivity index (χ1n) is 4.06. The number of hydrogen-bond acceptors (Lipinski definition) is 3. The first-order valence-corrected chi connectivity index (χ1v) is 4.85. The average Bonchev–Trinajstić information content (AvgIpc) is 2.08. The first-order chi connectivity index (χ1) is 6.45. The van der Waals surface area contributed by atoms with Crippen LogP contribution in [0.4, 0.5) is 11.4 Å². The summed E-state index contributed by atoms with van der Waals surface area (Å²) in [5, 5.41) is 10.9. The van der Waals surface area contributed by atoms with E-state index in [1.807, 2.05) is 6.07 Å². The molecule has 0 radical (unpaired) electrons. The van der Waals surface area contributed by atoms with Crippen molar-refractivity contribution in [2.75, 3.05) is 19.0 Å². The minimum absolute atomic E-state index is 0.157. The molecule has 76 valence electrons. The van der Waals surface area contributed by atoms with Gasteiger partial charge < -0.3 is 4.90 Å². The van der Waals surface area contributed by atoms with Crippen molar-refractivity contribution in [3.63, 3.8) is 0 Å². The topological polar surface area (TPSA) is 46.4 Å². The van der Waals surface area contributed by atoms with Crippen molar-refractivity contribution < 1.29 is 4.92 Å². The van der Waals surface area contributed by atoms with Crippen LogP contribution in [0.1, 0.15) is 5.56 Å². The largest absolute Gasteiger partial charge is 0.372 e. The van der Waals surface area contributed by atoms with Gasteiger partial charge in [-0.3, -0.25) is 10.1 Å². The molecular weight excluding hydrogens is 248 g/mol. The molecule has 0 aliphatic rings. The zero-order chi connectivity index (χ0) is 10.9. The van der Waals surface area contributed by atoms with E-state index in [1.165, 1.54) is 0 Å². The standard InChI is InChI=1S/C9H11BrN2O2/c1-6-7(10)4-5-8(11(2)3)9(6)12(13)14/h4-5H,1-3H3. The number of anilines is 1. The number of rotatable bonds is 2. The van der Waals surface area contributed by atoms with E-state index in [1.54, 1.807) is 32.0 Å². The van der Waals surface area contributed by atoms with Crippen LogP contribution in [-0.4, -0.2) is 19.0 Å². The molecule has 0 bridgehead atoms. The lowest BCUT2D eigenvalue weighted by Crippen LogP contribution is -2.11. The molecule has 14 heavy (non-hydrogen) atoms. The Bertz CT molecular complexity index is 377. The van der Waals surface area contributed by atoms with E-state index in [2.05, 4.69) is 15.9 Å². The number of halogens is 1. The fourth-order valence-corrected chi connectivity index (χ4v) is 1.57. The Kier molecular flexibility index (Phi) is 3.10. The molecular formula is C9H11BrN2O2. The second-order valence-corrected chi connectivity index (χ2v) is 4.05. The minimum atomic E-state index is -0.352. The quantitative estimate of drug-likeness (QED) is 0.606. The molecule has 1 aromatic rings. The first kappa shape index (κ1) is 11.0. The predicted octanol–water partition coefficient (Wildman–Crippen LogP) is 2.73. The monoisotopic (exact) mass is 258 g/mol. The number of nitro groups is 1. The molecule has 0 amide bonds. The Labute approximate surface area is 90.8 Å². The van der Waals surface area contributed by atoms with Crippen molar-refractivity contribution in [3.05, 3.63) is 32.3 Å². The van der Waals surface area contributed by atoms with Crippen LogP contribution in [0, 0.1) is 17.0 Å². The van der Waals surface area contributed by atoms with Crippen LogP contribution in [0.2, 0.25) is 0 Å². The zero-order valence-corrected chi connectivity index (χ0v) is 9.83. The van der Waals surface area contributed by atoms with Crippen LogP contribution in [0.5, 0.6) is 0 Å². The Morgan fingerprint density at radius 3 is 2.43 bits per heavy atom. The molecule has 0 fully saturated rings. The van der Waals surface area contributed by atoms with E-state index < -0.39 is 0 Å². The molecule has 1 aromatic carbocycles. The summed E-state index contributed by atoms with van der Waals surface area (Å²) in [6, 6.07) is 3.55. The fourth-order valence-electron chi connectivity index (χ4n) is 1.25. The molecule has 0 aromatic heterocycles. The third kappa shape index (κ3) is 1.87. The molecule has 5 heteroatoms. The summed E-state index contributed by atoms with van der Waals surface area (Å²) in [6.07, 6.45) is 0. The SMILES string of the molecule is Cc1c(Br)ccc(N(C)C)c1[N+](=O)[O-]. The van der Waals surface area contributed by atoms with Gasteiger partial charge in [0.2, 0.25) is 0 Å². The lowest BCUT2D eigenvalue weighted by atomic mass is 10.1. The zero-order valence-electron chi connectivity index (χ0n) is 8.24. The molecule has 0 saturated carbocycles. The Morgan fingerprint density at radius 1 is 1.43 bits per heavy atom. The molecule has 0 aliphatic heterocycles. The second kappa shape index (κ2) is 3.96. The number of nitro benzene ring substituents is 1. The van der Waals surface area contributed by atoms with Gasteiger partial charge in [0.15, 0.2) is 0 Å². The Hall–Kier alpha value is -1.10. The third-order valence-corrected chi connectivity index (χ3v) is 2.87. The summed E-state index contributed by atoms with van der Waals surface area (Å²) in [5.74, 6) is 0. The van der Waals surface area contributed by atoms with E-state index >= 15 is 0 Å². The van der Waals surface area contributed by atoms with Gasteiger partial charge in [-0.2, -0.15) is 0 Å². The van der Waals surface area contributed by atoms with Gasteiger partial charge in [0, 0.05) is 24.1 Å². The minimum Gasteiger partial charge on any atom is -0.372 e. The number of hydrogen-bond donors (Lipinski definition) is 0. The molecule has 0 heterocycles. The molecule has 0 spiro atoms.